The van der Waals surface area contributed by atoms with Gasteiger partial charge in [-0.25, -0.2) is 0 Å². The molecule has 4 heteroatoms. The third-order valence-corrected chi connectivity index (χ3v) is 1.74. The van der Waals surface area contributed by atoms with Crippen molar-refractivity contribution in [3.63, 3.8) is 0 Å². The van der Waals surface area contributed by atoms with E-state index < -0.39 is 0 Å². The summed E-state index contributed by atoms with van der Waals surface area (Å²) in [5.41, 5.74) is 5.25. The predicted octanol–water partition coefficient (Wildman–Crippen LogP) is -0.210. The van der Waals surface area contributed by atoms with Crippen molar-refractivity contribution in [3.8, 4) is 0 Å². The van der Waals surface area contributed by atoms with Gasteiger partial charge in [0.05, 0.1) is 6.04 Å². The molecule has 1 amide bonds. The van der Waals surface area contributed by atoms with E-state index >= 15 is 0 Å². The first-order chi connectivity index (χ1) is 5.93. The van der Waals surface area contributed by atoms with E-state index in [1.807, 2.05) is 32.8 Å². The average Bonchev–Trinajstić information content (AvgIpc) is 1.96. The molecule has 0 aliphatic heterocycles. The Hall–Kier alpha value is -0.610. The number of carbonyl (C=O) groups excluding carboxylic acids is 1. The van der Waals surface area contributed by atoms with Gasteiger partial charge in [-0.2, -0.15) is 0 Å². The SMILES string of the molecule is CC(C)NC(CCN(C)C)C(N)=O. The van der Waals surface area contributed by atoms with E-state index in [1.54, 1.807) is 0 Å². The van der Waals surface area contributed by atoms with E-state index in [0.717, 1.165) is 13.0 Å². The van der Waals surface area contributed by atoms with Gasteiger partial charge in [-0.05, 0) is 27.1 Å². The van der Waals surface area contributed by atoms with Gasteiger partial charge in [0.25, 0.3) is 0 Å². The number of hydrogen-bond donors (Lipinski definition) is 2. The molecule has 0 aliphatic carbocycles. The van der Waals surface area contributed by atoms with Crippen LogP contribution >= 0.6 is 0 Å². The first-order valence-electron chi connectivity index (χ1n) is 4.63. The molecule has 0 aromatic carbocycles. The fourth-order valence-electron chi connectivity index (χ4n) is 1.10. The summed E-state index contributed by atoms with van der Waals surface area (Å²) in [6.07, 6.45) is 0.764. The topological polar surface area (TPSA) is 58.4 Å². The maximum atomic E-state index is 11.0. The van der Waals surface area contributed by atoms with Crippen molar-refractivity contribution in [2.45, 2.75) is 32.4 Å². The Bertz CT molecular complexity index is 157. The van der Waals surface area contributed by atoms with Gasteiger partial charge in [0.2, 0.25) is 5.91 Å². The predicted molar refractivity (Wildman–Crippen MR) is 54.4 cm³/mol. The van der Waals surface area contributed by atoms with E-state index in [4.69, 9.17) is 5.73 Å². The maximum absolute atomic E-state index is 11.0. The molecule has 0 saturated carbocycles. The minimum atomic E-state index is -0.268. The van der Waals surface area contributed by atoms with Crippen molar-refractivity contribution in [3.05, 3.63) is 0 Å². The van der Waals surface area contributed by atoms with Crippen LogP contribution in [0.1, 0.15) is 20.3 Å². The second-order valence-electron chi connectivity index (χ2n) is 3.87. The molecule has 3 N–H and O–H groups in total. The molecule has 1 atom stereocenters. The molecule has 0 radical (unpaired) electrons. The number of nitrogens with zero attached hydrogens (tertiary/aromatic N) is 1. The van der Waals surface area contributed by atoms with E-state index in [2.05, 4.69) is 5.32 Å². The summed E-state index contributed by atoms with van der Waals surface area (Å²) in [7, 11) is 3.96. The Morgan fingerprint density at radius 1 is 1.46 bits per heavy atom. The highest BCUT2D eigenvalue weighted by Gasteiger charge is 2.15. The molecule has 0 bridgehead atoms. The zero-order valence-corrected chi connectivity index (χ0v) is 9.00. The number of carbonyl (C=O) groups is 1. The number of primary amides is 1. The van der Waals surface area contributed by atoms with Crippen LogP contribution in [-0.2, 0) is 4.79 Å². The van der Waals surface area contributed by atoms with Gasteiger partial charge >= 0.3 is 0 Å². The monoisotopic (exact) mass is 187 g/mol. The molecule has 0 aromatic rings. The fraction of sp³-hybridized carbons (Fsp3) is 0.889. The molecule has 13 heavy (non-hydrogen) atoms. The second-order valence-corrected chi connectivity index (χ2v) is 3.87. The molecule has 4 nitrogen and oxygen atoms in total. The number of rotatable bonds is 6. The summed E-state index contributed by atoms with van der Waals surface area (Å²) in [4.78, 5) is 13.0. The van der Waals surface area contributed by atoms with E-state index in [9.17, 15) is 4.79 Å². The summed E-state index contributed by atoms with van der Waals surface area (Å²) in [6.45, 7) is 4.88. The highest BCUT2D eigenvalue weighted by molar-refractivity contribution is 5.79. The fourth-order valence-corrected chi connectivity index (χ4v) is 1.10. The van der Waals surface area contributed by atoms with Gasteiger partial charge in [0.15, 0.2) is 0 Å². The molecule has 0 rings (SSSR count). The van der Waals surface area contributed by atoms with Gasteiger partial charge in [-0.1, -0.05) is 13.8 Å². The van der Waals surface area contributed by atoms with Gasteiger partial charge in [0.1, 0.15) is 0 Å². The molecular weight excluding hydrogens is 166 g/mol. The van der Waals surface area contributed by atoms with Crippen molar-refractivity contribution >= 4 is 5.91 Å². The lowest BCUT2D eigenvalue weighted by atomic mass is 10.1. The zero-order chi connectivity index (χ0) is 10.4. The molecule has 0 fully saturated rings. The molecule has 78 valence electrons. The quantitative estimate of drug-likeness (QED) is 0.605. The lowest BCUT2D eigenvalue weighted by Gasteiger charge is -2.19. The van der Waals surface area contributed by atoms with Crippen molar-refractivity contribution in [1.29, 1.82) is 0 Å². The Kier molecular flexibility index (Phi) is 5.66. The van der Waals surface area contributed by atoms with Gasteiger partial charge in [0, 0.05) is 6.04 Å². The molecule has 1 unspecified atom stereocenters. The average molecular weight is 187 g/mol. The number of hydrogen-bond acceptors (Lipinski definition) is 3. The number of amides is 1. The molecular formula is C9H21N3O. The van der Waals surface area contributed by atoms with Crippen LogP contribution in [0.3, 0.4) is 0 Å². The lowest BCUT2D eigenvalue weighted by molar-refractivity contribution is -0.120. The smallest absolute Gasteiger partial charge is 0.234 e. The Labute approximate surface area is 80.5 Å². The van der Waals surface area contributed by atoms with Crippen LogP contribution in [-0.4, -0.2) is 43.5 Å². The van der Waals surface area contributed by atoms with E-state index in [1.165, 1.54) is 0 Å². The summed E-state index contributed by atoms with van der Waals surface area (Å²) in [6, 6.07) is 0.0852. The van der Waals surface area contributed by atoms with Crippen molar-refractivity contribution < 1.29 is 4.79 Å². The molecule has 0 heterocycles. The van der Waals surface area contributed by atoms with Crippen molar-refractivity contribution in [2.75, 3.05) is 20.6 Å². The molecule has 0 aromatic heterocycles. The highest BCUT2D eigenvalue weighted by Crippen LogP contribution is 1.94. The van der Waals surface area contributed by atoms with Crippen LogP contribution in [0, 0.1) is 0 Å². The summed E-state index contributed by atoms with van der Waals surface area (Å²) >= 11 is 0. The van der Waals surface area contributed by atoms with Crippen LogP contribution in [0.5, 0.6) is 0 Å². The summed E-state index contributed by atoms with van der Waals surface area (Å²) in [5, 5.41) is 3.13. The van der Waals surface area contributed by atoms with Gasteiger partial charge in [-0.3, -0.25) is 4.79 Å². The van der Waals surface area contributed by atoms with Crippen LogP contribution in [0.15, 0.2) is 0 Å². The van der Waals surface area contributed by atoms with Crippen LogP contribution in [0.4, 0.5) is 0 Å². The maximum Gasteiger partial charge on any atom is 0.234 e. The molecule has 0 aliphatic rings. The van der Waals surface area contributed by atoms with E-state index in [0.29, 0.717) is 6.04 Å². The standard InChI is InChI=1S/C9H21N3O/c1-7(2)11-8(9(10)13)5-6-12(3)4/h7-8,11H,5-6H2,1-4H3,(H2,10,13). The van der Waals surface area contributed by atoms with Crippen LogP contribution < -0.4 is 11.1 Å². The molecule has 0 spiro atoms. The third-order valence-electron chi connectivity index (χ3n) is 1.74. The second kappa shape index (κ2) is 5.94. The van der Waals surface area contributed by atoms with Crippen molar-refractivity contribution in [2.24, 2.45) is 5.73 Å². The minimum absolute atomic E-state index is 0.206. The van der Waals surface area contributed by atoms with E-state index in [-0.39, 0.29) is 11.9 Å². The molecule has 0 saturated heterocycles. The minimum Gasteiger partial charge on any atom is -0.368 e. The zero-order valence-electron chi connectivity index (χ0n) is 9.00. The first kappa shape index (κ1) is 12.4. The first-order valence-corrected chi connectivity index (χ1v) is 4.63. The summed E-state index contributed by atoms with van der Waals surface area (Å²) in [5.74, 6) is -0.268. The van der Waals surface area contributed by atoms with Crippen LogP contribution in [0.2, 0.25) is 0 Å². The largest absolute Gasteiger partial charge is 0.368 e. The Morgan fingerprint density at radius 3 is 2.31 bits per heavy atom. The Balaban J connectivity index is 3.88. The van der Waals surface area contributed by atoms with Gasteiger partial charge in [-0.15, -0.1) is 0 Å². The normalized spacial score (nSPS) is 13.7. The highest BCUT2D eigenvalue weighted by atomic mass is 16.1. The number of nitrogens with one attached hydrogen (secondary N) is 1. The van der Waals surface area contributed by atoms with Crippen molar-refractivity contribution in [1.82, 2.24) is 10.2 Å². The Morgan fingerprint density at radius 2 is 2.00 bits per heavy atom. The summed E-state index contributed by atoms with van der Waals surface area (Å²) < 4.78 is 0. The lowest BCUT2D eigenvalue weighted by Crippen LogP contribution is -2.45. The third kappa shape index (κ3) is 6.54. The van der Waals surface area contributed by atoms with Crippen LogP contribution in [0.25, 0.3) is 0 Å². The van der Waals surface area contributed by atoms with Gasteiger partial charge < -0.3 is 16.0 Å². The number of nitrogens with two attached hydrogens (primary N) is 1.